The molecular formula is C19H16N2. The maximum absolute atomic E-state index is 4.88. The van der Waals surface area contributed by atoms with E-state index in [1.807, 2.05) is 24.4 Å². The number of hydrogen-bond acceptors (Lipinski definition) is 2. The molecule has 1 aromatic heterocycles. The molecule has 1 aliphatic carbocycles. The lowest BCUT2D eigenvalue weighted by Crippen LogP contribution is -2.17. The molecule has 0 spiro atoms. The number of benzene rings is 2. The molecule has 0 saturated carbocycles. The molecule has 2 nitrogen and oxygen atoms in total. The molecule has 1 heterocycles. The van der Waals surface area contributed by atoms with E-state index in [-0.39, 0.29) is 5.41 Å². The van der Waals surface area contributed by atoms with Crippen LogP contribution >= 0.6 is 0 Å². The molecule has 2 heteroatoms. The second-order valence-electron chi connectivity index (χ2n) is 5.99. The Hall–Kier alpha value is -2.48. The highest BCUT2D eigenvalue weighted by Gasteiger charge is 2.37. The number of hydrogen-bond donors (Lipinski definition) is 0. The van der Waals surface area contributed by atoms with Crippen molar-refractivity contribution >= 4 is 0 Å². The van der Waals surface area contributed by atoms with E-state index in [0.717, 1.165) is 22.6 Å². The van der Waals surface area contributed by atoms with Crippen molar-refractivity contribution in [3.05, 3.63) is 72.1 Å². The first kappa shape index (κ1) is 12.3. The lowest BCUT2D eigenvalue weighted by atomic mass is 9.85. The largest absolute Gasteiger partial charge is 0.236 e. The van der Waals surface area contributed by atoms with Crippen LogP contribution in [0.4, 0.5) is 0 Å². The Kier molecular flexibility index (Phi) is 2.49. The molecule has 1 aliphatic rings. The molecule has 21 heavy (non-hydrogen) atoms. The molecule has 0 N–H and O–H groups in total. The Morgan fingerprint density at radius 2 is 1.52 bits per heavy atom. The molecule has 3 aromatic rings. The van der Waals surface area contributed by atoms with Crippen molar-refractivity contribution in [3.63, 3.8) is 0 Å². The third-order valence-corrected chi connectivity index (χ3v) is 4.30. The van der Waals surface area contributed by atoms with Crippen molar-refractivity contribution < 1.29 is 0 Å². The summed E-state index contributed by atoms with van der Waals surface area (Å²) in [6.07, 6.45) is 1.97. The predicted octanol–water partition coefficient (Wildman–Crippen LogP) is 4.45. The van der Waals surface area contributed by atoms with Gasteiger partial charge in [0.2, 0.25) is 0 Å². The van der Waals surface area contributed by atoms with E-state index in [4.69, 9.17) is 4.98 Å². The van der Waals surface area contributed by atoms with Crippen LogP contribution in [0.15, 0.2) is 60.8 Å². The second-order valence-corrected chi connectivity index (χ2v) is 5.99. The van der Waals surface area contributed by atoms with Crippen LogP contribution in [0.5, 0.6) is 0 Å². The van der Waals surface area contributed by atoms with Gasteiger partial charge in [-0.2, -0.15) is 0 Å². The fourth-order valence-electron chi connectivity index (χ4n) is 3.17. The van der Waals surface area contributed by atoms with E-state index in [9.17, 15) is 0 Å². The molecule has 0 saturated heterocycles. The minimum absolute atomic E-state index is 0.0710. The summed E-state index contributed by atoms with van der Waals surface area (Å²) in [5.41, 5.74) is 5.87. The van der Waals surface area contributed by atoms with Crippen molar-refractivity contribution in [1.29, 1.82) is 0 Å². The summed E-state index contributed by atoms with van der Waals surface area (Å²) >= 11 is 0. The Bertz CT molecular complexity index is 820. The summed E-state index contributed by atoms with van der Waals surface area (Å²) < 4.78 is 0. The fraction of sp³-hybridized carbons (Fsp3) is 0.158. The standard InChI is InChI=1S/C19H16N2/c1-19(2)16-11-7-6-10-14(16)15-12-20-18(21-17(15)19)13-8-4-3-5-9-13/h3-12H,1-2H3. The minimum Gasteiger partial charge on any atom is -0.236 e. The summed E-state index contributed by atoms with van der Waals surface area (Å²) in [7, 11) is 0. The van der Waals surface area contributed by atoms with Gasteiger partial charge in [-0.05, 0) is 11.1 Å². The lowest BCUT2D eigenvalue weighted by Gasteiger charge is -2.20. The van der Waals surface area contributed by atoms with E-state index in [1.54, 1.807) is 0 Å². The monoisotopic (exact) mass is 272 g/mol. The third-order valence-electron chi connectivity index (χ3n) is 4.30. The van der Waals surface area contributed by atoms with Gasteiger partial charge in [-0.3, -0.25) is 0 Å². The molecule has 0 radical (unpaired) electrons. The Balaban J connectivity index is 1.94. The van der Waals surface area contributed by atoms with Gasteiger partial charge in [0.05, 0.1) is 5.69 Å². The van der Waals surface area contributed by atoms with Gasteiger partial charge >= 0.3 is 0 Å². The summed E-state index contributed by atoms with van der Waals surface area (Å²) in [6, 6.07) is 18.7. The molecule has 102 valence electrons. The number of nitrogens with zero attached hydrogens (tertiary/aromatic N) is 2. The first-order valence-corrected chi connectivity index (χ1v) is 7.21. The molecule has 0 aliphatic heterocycles. The minimum atomic E-state index is -0.0710. The zero-order chi connectivity index (χ0) is 14.4. The lowest BCUT2D eigenvalue weighted by molar-refractivity contribution is 0.636. The zero-order valence-electron chi connectivity index (χ0n) is 12.2. The van der Waals surface area contributed by atoms with Gasteiger partial charge in [0, 0.05) is 22.7 Å². The summed E-state index contributed by atoms with van der Waals surface area (Å²) in [6.45, 7) is 4.47. The van der Waals surface area contributed by atoms with Gasteiger partial charge in [-0.15, -0.1) is 0 Å². The van der Waals surface area contributed by atoms with E-state index < -0.39 is 0 Å². The first-order valence-electron chi connectivity index (χ1n) is 7.21. The smallest absolute Gasteiger partial charge is 0.159 e. The van der Waals surface area contributed by atoms with Crippen LogP contribution in [0, 0.1) is 0 Å². The quantitative estimate of drug-likeness (QED) is 0.654. The Morgan fingerprint density at radius 1 is 0.810 bits per heavy atom. The van der Waals surface area contributed by atoms with Gasteiger partial charge in [-0.1, -0.05) is 68.4 Å². The molecule has 0 unspecified atom stereocenters. The average molecular weight is 272 g/mol. The normalized spacial score (nSPS) is 14.6. The molecule has 0 atom stereocenters. The van der Waals surface area contributed by atoms with Crippen molar-refractivity contribution in [2.75, 3.05) is 0 Å². The van der Waals surface area contributed by atoms with E-state index in [0.29, 0.717) is 0 Å². The molecule has 4 rings (SSSR count). The predicted molar refractivity (Wildman–Crippen MR) is 85.0 cm³/mol. The summed E-state index contributed by atoms with van der Waals surface area (Å²) in [5, 5.41) is 0. The van der Waals surface area contributed by atoms with Crippen LogP contribution in [0.2, 0.25) is 0 Å². The second kappa shape index (κ2) is 4.26. The Morgan fingerprint density at radius 3 is 2.33 bits per heavy atom. The summed E-state index contributed by atoms with van der Waals surface area (Å²) in [5.74, 6) is 0.801. The number of aromatic nitrogens is 2. The average Bonchev–Trinajstić information content (AvgIpc) is 2.77. The molecule has 0 amide bonds. The highest BCUT2D eigenvalue weighted by molar-refractivity contribution is 5.79. The molecule has 0 fully saturated rings. The highest BCUT2D eigenvalue weighted by atomic mass is 14.9. The van der Waals surface area contributed by atoms with Crippen LogP contribution in [0.25, 0.3) is 22.5 Å². The molecule has 2 aromatic carbocycles. The maximum atomic E-state index is 4.88. The maximum Gasteiger partial charge on any atom is 0.159 e. The van der Waals surface area contributed by atoms with Crippen LogP contribution in [-0.4, -0.2) is 9.97 Å². The van der Waals surface area contributed by atoms with Crippen molar-refractivity contribution in [2.24, 2.45) is 0 Å². The third kappa shape index (κ3) is 1.72. The van der Waals surface area contributed by atoms with Crippen molar-refractivity contribution in [3.8, 4) is 22.5 Å². The first-order chi connectivity index (χ1) is 10.2. The number of fused-ring (bicyclic) bond motifs is 3. The van der Waals surface area contributed by atoms with Gasteiger partial charge < -0.3 is 0 Å². The molecule has 0 bridgehead atoms. The fourth-order valence-corrected chi connectivity index (χ4v) is 3.17. The van der Waals surface area contributed by atoms with Gasteiger partial charge in [0.1, 0.15) is 0 Å². The van der Waals surface area contributed by atoms with Crippen LogP contribution < -0.4 is 0 Å². The highest BCUT2D eigenvalue weighted by Crippen LogP contribution is 2.47. The van der Waals surface area contributed by atoms with E-state index in [2.05, 4.69) is 55.2 Å². The van der Waals surface area contributed by atoms with Gasteiger partial charge in [-0.25, -0.2) is 9.97 Å². The topological polar surface area (TPSA) is 25.8 Å². The van der Waals surface area contributed by atoms with Gasteiger partial charge in [0.25, 0.3) is 0 Å². The van der Waals surface area contributed by atoms with E-state index in [1.165, 1.54) is 11.1 Å². The summed E-state index contributed by atoms with van der Waals surface area (Å²) in [4.78, 5) is 9.45. The van der Waals surface area contributed by atoms with E-state index >= 15 is 0 Å². The Labute approximate surface area is 124 Å². The number of rotatable bonds is 1. The van der Waals surface area contributed by atoms with Crippen molar-refractivity contribution in [2.45, 2.75) is 19.3 Å². The van der Waals surface area contributed by atoms with Crippen LogP contribution in [0.3, 0.4) is 0 Å². The SMILES string of the molecule is CC1(C)c2ccccc2-c2cnc(-c3ccccc3)nc21. The van der Waals surface area contributed by atoms with Crippen molar-refractivity contribution in [1.82, 2.24) is 9.97 Å². The molecular weight excluding hydrogens is 256 g/mol. The van der Waals surface area contributed by atoms with Gasteiger partial charge in [0.15, 0.2) is 5.82 Å². The zero-order valence-corrected chi connectivity index (χ0v) is 12.2. The van der Waals surface area contributed by atoms with Crippen LogP contribution in [-0.2, 0) is 5.41 Å². The van der Waals surface area contributed by atoms with Crippen LogP contribution in [0.1, 0.15) is 25.1 Å².